The molecular formula is C25H20ClN5OS. The van der Waals surface area contributed by atoms with Crippen molar-refractivity contribution >= 4 is 41.6 Å². The van der Waals surface area contributed by atoms with Gasteiger partial charge in [-0.3, -0.25) is 9.36 Å². The van der Waals surface area contributed by atoms with E-state index < -0.39 is 0 Å². The lowest BCUT2D eigenvalue weighted by atomic mass is 10.2. The number of hydrazone groups is 1. The Morgan fingerprint density at radius 3 is 2.39 bits per heavy atom. The summed E-state index contributed by atoms with van der Waals surface area (Å²) < 4.78 is 1.92. The number of benzene rings is 3. The zero-order valence-corrected chi connectivity index (χ0v) is 19.1. The molecule has 0 aliphatic heterocycles. The van der Waals surface area contributed by atoms with Crippen LogP contribution < -0.4 is 5.43 Å². The summed E-state index contributed by atoms with van der Waals surface area (Å²) in [6.45, 7) is 0. The molecule has 164 valence electrons. The van der Waals surface area contributed by atoms with E-state index in [1.54, 1.807) is 12.3 Å². The predicted octanol–water partition coefficient (Wildman–Crippen LogP) is 5.50. The predicted molar refractivity (Wildman–Crippen MR) is 135 cm³/mol. The van der Waals surface area contributed by atoms with E-state index >= 15 is 0 Å². The van der Waals surface area contributed by atoms with Gasteiger partial charge in [-0.2, -0.15) is 5.10 Å². The van der Waals surface area contributed by atoms with E-state index in [2.05, 4.69) is 20.7 Å². The molecule has 0 saturated heterocycles. The monoisotopic (exact) mass is 473 g/mol. The van der Waals surface area contributed by atoms with Crippen molar-refractivity contribution in [3.05, 3.63) is 102 Å². The molecule has 0 spiro atoms. The van der Waals surface area contributed by atoms with Gasteiger partial charge in [-0.25, -0.2) is 5.43 Å². The van der Waals surface area contributed by atoms with Crippen molar-refractivity contribution in [2.24, 2.45) is 5.10 Å². The number of para-hydroxylation sites is 1. The second-order valence-corrected chi connectivity index (χ2v) is 8.23. The SMILES string of the molecule is O=C(CSc1nnc(-c2ccc(Cl)cc2)n1-c1ccccc1)N/N=C\C=C\c1ccccc1. The van der Waals surface area contributed by atoms with Gasteiger partial charge in [0.2, 0.25) is 0 Å². The van der Waals surface area contributed by atoms with Gasteiger partial charge in [0.1, 0.15) is 0 Å². The van der Waals surface area contributed by atoms with Gasteiger partial charge in [-0.15, -0.1) is 10.2 Å². The number of nitrogens with one attached hydrogen (secondary N) is 1. The van der Waals surface area contributed by atoms with E-state index in [1.165, 1.54) is 11.8 Å². The molecule has 1 amide bonds. The van der Waals surface area contributed by atoms with Crippen LogP contribution in [0.2, 0.25) is 5.02 Å². The van der Waals surface area contributed by atoms with E-state index in [-0.39, 0.29) is 11.7 Å². The number of thioether (sulfide) groups is 1. The minimum absolute atomic E-state index is 0.144. The molecule has 3 aromatic carbocycles. The van der Waals surface area contributed by atoms with Crippen molar-refractivity contribution in [3.63, 3.8) is 0 Å². The lowest BCUT2D eigenvalue weighted by Gasteiger charge is -2.10. The van der Waals surface area contributed by atoms with Crippen LogP contribution in [0.25, 0.3) is 23.2 Å². The summed E-state index contributed by atoms with van der Waals surface area (Å²) in [6, 6.07) is 27.0. The second kappa shape index (κ2) is 11.3. The topological polar surface area (TPSA) is 72.2 Å². The number of halogens is 1. The number of hydrogen-bond acceptors (Lipinski definition) is 5. The van der Waals surface area contributed by atoms with Gasteiger partial charge in [0.25, 0.3) is 5.91 Å². The van der Waals surface area contributed by atoms with Crippen LogP contribution in [0.15, 0.2) is 101 Å². The first-order chi connectivity index (χ1) is 16.2. The second-order valence-electron chi connectivity index (χ2n) is 6.86. The fraction of sp³-hybridized carbons (Fsp3) is 0.0400. The van der Waals surface area contributed by atoms with Crippen LogP contribution in [-0.4, -0.2) is 32.6 Å². The lowest BCUT2D eigenvalue weighted by molar-refractivity contribution is -0.118. The largest absolute Gasteiger partial charge is 0.272 e. The lowest BCUT2D eigenvalue weighted by Crippen LogP contribution is -2.19. The summed E-state index contributed by atoms with van der Waals surface area (Å²) >= 11 is 7.32. The van der Waals surface area contributed by atoms with Crippen LogP contribution >= 0.6 is 23.4 Å². The Labute approximate surface area is 201 Å². The summed E-state index contributed by atoms with van der Waals surface area (Å²) in [5.74, 6) is 0.579. The fourth-order valence-electron chi connectivity index (χ4n) is 2.99. The van der Waals surface area contributed by atoms with Gasteiger partial charge in [-0.1, -0.05) is 78.0 Å². The van der Waals surface area contributed by atoms with E-state index in [9.17, 15) is 4.79 Å². The Hall–Kier alpha value is -3.68. The zero-order chi connectivity index (χ0) is 22.9. The van der Waals surface area contributed by atoms with Crippen molar-refractivity contribution in [2.75, 3.05) is 5.75 Å². The molecule has 1 N–H and O–H groups in total. The summed E-state index contributed by atoms with van der Waals surface area (Å²) in [7, 11) is 0. The summed E-state index contributed by atoms with van der Waals surface area (Å²) in [5, 5.41) is 13.9. The zero-order valence-electron chi connectivity index (χ0n) is 17.5. The van der Waals surface area contributed by atoms with Crippen molar-refractivity contribution in [1.29, 1.82) is 0 Å². The summed E-state index contributed by atoms with van der Waals surface area (Å²) in [4.78, 5) is 12.3. The summed E-state index contributed by atoms with van der Waals surface area (Å²) in [6.07, 6.45) is 5.22. The number of rotatable bonds is 8. The fourth-order valence-corrected chi connectivity index (χ4v) is 3.86. The van der Waals surface area contributed by atoms with E-state index in [4.69, 9.17) is 11.6 Å². The Kier molecular flexibility index (Phi) is 7.68. The van der Waals surface area contributed by atoms with Crippen LogP contribution in [0.4, 0.5) is 0 Å². The van der Waals surface area contributed by atoms with Gasteiger partial charge in [0, 0.05) is 22.5 Å². The first kappa shape index (κ1) is 22.5. The Bertz CT molecular complexity index is 1260. The van der Waals surface area contributed by atoms with Crippen molar-refractivity contribution in [1.82, 2.24) is 20.2 Å². The maximum atomic E-state index is 12.3. The van der Waals surface area contributed by atoms with Crippen LogP contribution in [0.1, 0.15) is 5.56 Å². The van der Waals surface area contributed by atoms with Gasteiger partial charge in [0.05, 0.1) is 5.75 Å². The van der Waals surface area contributed by atoms with Crippen LogP contribution in [0, 0.1) is 0 Å². The Morgan fingerprint density at radius 2 is 1.67 bits per heavy atom. The van der Waals surface area contributed by atoms with Gasteiger partial charge < -0.3 is 0 Å². The van der Waals surface area contributed by atoms with Crippen molar-refractivity contribution in [2.45, 2.75) is 5.16 Å². The number of carbonyl (C=O) groups excluding carboxylic acids is 1. The van der Waals surface area contributed by atoms with Gasteiger partial charge in [-0.05, 0) is 48.0 Å². The standard InChI is InChI=1S/C25H20ClN5OS/c26-21-15-13-20(14-16-21)24-29-30-25(31(24)22-11-5-2-6-12-22)33-18-23(32)28-27-17-7-10-19-8-3-1-4-9-19/h1-17H,18H2,(H,28,32)/b10-7+,27-17-. The van der Waals surface area contributed by atoms with Crippen LogP contribution in [0.5, 0.6) is 0 Å². The quantitative estimate of drug-likeness (QED) is 0.208. The molecular weight excluding hydrogens is 454 g/mol. The third-order valence-electron chi connectivity index (χ3n) is 4.52. The van der Waals surface area contributed by atoms with E-state index in [1.807, 2.05) is 95.6 Å². The van der Waals surface area contributed by atoms with Gasteiger partial charge >= 0.3 is 0 Å². The maximum Gasteiger partial charge on any atom is 0.250 e. The molecule has 0 aliphatic rings. The van der Waals surface area contributed by atoms with Gasteiger partial charge in [0.15, 0.2) is 11.0 Å². The highest BCUT2D eigenvalue weighted by Gasteiger charge is 2.17. The highest BCUT2D eigenvalue weighted by atomic mass is 35.5. The molecule has 6 nitrogen and oxygen atoms in total. The number of nitrogens with zero attached hydrogens (tertiary/aromatic N) is 4. The molecule has 1 aromatic heterocycles. The average molecular weight is 474 g/mol. The van der Waals surface area contributed by atoms with E-state index in [0.717, 1.165) is 16.8 Å². The molecule has 0 fully saturated rings. The Morgan fingerprint density at radius 1 is 0.970 bits per heavy atom. The first-order valence-electron chi connectivity index (χ1n) is 10.1. The maximum absolute atomic E-state index is 12.3. The molecule has 0 atom stereocenters. The number of carbonyl (C=O) groups is 1. The van der Waals surface area contributed by atoms with Crippen molar-refractivity contribution in [3.8, 4) is 17.1 Å². The number of hydrogen-bond donors (Lipinski definition) is 1. The molecule has 0 radical (unpaired) electrons. The number of amides is 1. The smallest absolute Gasteiger partial charge is 0.250 e. The average Bonchev–Trinajstić information content (AvgIpc) is 3.28. The minimum Gasteiger partial charge on any atom is -0.272 e. The third-order valence-corrected chi connectivity index (χ3v) is 5.70. The molecule has 4 aromatic rings. The highest BCUT2D eigenvalue weighted by molar-refractivity contribution is 7.99. The highest BCUT2D eigenvalue weighted by Crippen LogP contribution is 2.28. The van der Waals surface area contributed by atoms with Crippen LogP contribution in [0.3, 0.4) is 0 Å². The van der Waals surface area contributed by atoms with Crippen LogP contribution in [-0.2, 0) is 4.79 Å². The molecule has 0 aliphatic carbocycles. The molecule has 0 unspecified atom stereocenters. The molecule has 8 heteroatoms. The number of allylic oxidation sites excluding steroid dienone is 1. The van der Waals surface area contributed by atoms with E-state index in [0.29, 0.717) is 16.0 Å². The minimum atomic E-state index is -0.236. The normalized spacial score (nSPS) is 11.3. The molecule has 0 bridgehead atoms. The number of aromatic nitrogens is 3. The van der Waals surface area contributed by atoms with Crippen molar-refractivity contribution < 1.29 is 4.79 Å². The third kappa shape index (κ3) is 6.19. The molecule has 4 rings (SSSR count). The molecule has 1 heterocycles. The molecule has 33 heavy (non-hydrogen) atoms. The first-order valence-corrected chi connectivity index (χ1v) is 11.5. The molecule has 0 saturated carbocycles. The Balaban J connectivity index is 1.43. The summed E-state index contributed by atoms with van der Waals surface area (Å²) in [5.41, 5.74) is 5.37.